The molecule has 1 heterocycles. The summed E-state index contributed by atoms with van der Waals surface area (Å²) in [5, 5.41) is 0. The molecule has 1 aliphatic heterocycles. The Morgan fingerprint density at radius 1 is 0.688 bits per heavy atom. The molecule has 0 spiro atoms. The highest BCUT2D eigenvalue weighted by atomic mass is 15.2. The van der Waals surface area contributed by atoms with Gasteiger partial charge in [0.25, 0.3) is 0 Å². The summed E-state index contributed by atoms with van der Waals surface area (Å²) in [5.41, 5.74) is 0.704. The molecule has 4 saturated carbocycles. The largest absolute Gasteiger partial charge is 0.298 e. The van der Waals surface area contributed by atoms with Crippen LogP contribution in [0.15, 0.2) is 0 Å². The van der Waals surface area contributed by atoms with Gasteiger partial charge in [-0.2, -0.15) is 0 Å². The molecule has 5 aliphatic rings. The minimum Gasteiger partial charge on any atom is -0.298 e. The van der Waals surface area contributed by atoms with Gasteiger partial charge < -0.3 is 0 Å². The predicted octanol–water partition coefficient (Wildman–Crippen LogP) is 3.44. The maximum Gasteiger partial charge on any atom is 0.0217 e. The van der Waals surface area contributed by atoms with Crippen LogP contribution in [0.5, 0.6) is 0 Å². The first-order valence-corrected chi connectivity index (χ1v) is 7.59. The Morgan fingerprint density at radius 2 is 1.19 bits per heavy atom. The number of hydrogen-bond donors (Lipinski definition) is 0. The van der Waals surface area contributed by atoms with Gasteiger partial charge in [-0.3, -0.25) is 4.90 Å². The zero-order valence-corrected chi connectivity index (χ0v) is 10.5. The standard InChI is InChI=1S/C15H25N/c1-2-4-16(5-3-1)15-9-12-6-13(10-15)8-14(7-12)11-15/h12-14H,1-11H2. The van der Waals surface area contributed by atoms with Crippen LogP contribution in [0.2, 0.25) is 0 Å². The summed E-state index contributed by atoms with van der Waals surface area (Å²) in [6.07, 6.45) is 13.9. The van der Waals surface area contributed by atoms with E-state index in [2.05, 4.69) is 4.90 Å². The van der Waals surface area contributed by atoms with Gasteiger partial charge in [-0.15, -0.1) is 0 Å². The highest BCUT2D eigenvalue weighted by Crippen LogP contribution is 2.58. The van der Waals surface area contributed by atoms with Crippen molar-refractivity contribution in [3.05, 3.63) is 0 Å². The second-order valence-corrected chi connectivity index (χ2v) is 7.19. The van der Waals surface area contributed by atoms with Crippen molar-refractivity contribution in [1.29, 1.82) is 0 Å². The fourth-order valence-electron chi connectivity index (χ4n) is 5.82. The number of hydrogen-bond acceptors (Lipinski definition) is 1. The Hall–Kier alpha value is -0.0400. The molecule has 0 radical (unpaired) electrons. The Morgan fingerprint density at radius 3 is 1.69 bits per heavy atom. The molecule has 1 nitrogen and oxygen atoms in total. The van der Waals surface area contributed by atoms with Crippen LogP contribution in [0.1, 0.15) is 57.8 Å². The number of likely N-dealkylation sites (tertiary alicyclic amines) is 1. The third-order valence-electron chi connectivity index (χ3n) is 6.03. The summed E-state index contributed by atoms with van der Waals surface area (Å²) in [6.45, 7) is 2.85. The van der Waals surface area contributed by atoms with Crippen LogP contribution < -0.4 is 0 Å². The van der Waals surface area contributed by atoms with Gasteiger partial charge in [0.05, 0.1) is 0 Å². The van der Waals surface area contributed by atoms with Crippen molar-refractivity contribution in [3.63, 3.8) is 0 Å². The van der Waals surface area contributed by atoms with Crippen LogP contribution >= 0.6 is 0 Å². The van der Waals surface area contributed by atoms with Crippen molar-refractivity contribution in [3.8, 4) is 0 Å². The molecular formula is C15H25N. The van der Waals surface area contributed by atoms with E-state index in [1.807, 2.05) is 0 Å². The predicted molar refractivity (Wildman–Crippen MR) is 66.3 cm³/mol. The quantitative estimate of drug-likeness (QED) is 0.653. The minimum absolute atomic E-state index is 0.704. The van der Waals surface area contributed by atoms with Gasteiger partial charge in [-0.25, -0.2) is 0 Å². The smallest absolute Gasteiger partial charge is 0.0217 e. The van der Waals surface area contributed by atoms with E-state index in [4.69, 9.17) is 0 Å². The molecule has 5 rings (SSSR count). The second-order valence-electron chi connectivity index (χ2n) is 7.19. The topological polar surface area (TPSA) is 3.24 Å². The average molecular weight is 219 g/mol. The van der Waals surface area contributed by atoms with Gasteiger partial charge in [0, 0.05) is 5.54 Å². The third kappa shape index (κ3) is 1.40. The molecule has 0 amide bonds. The molecular weight excluding hydrogens is 194 g/mol. The van der Waals surface area contributed by atoms with Crippen molar-refractivity contribution in [1.82, 2.24) is 4.90 Å². The van der Waals surface area contributed by atoms with E-state index in [1.54, 1.807) is 38.5 Å². The molecule has 16 heavy (non-hydrogen) atoms. The molecule has 1 heteroatoms. The highest BCUT2D eigenvalue weighted by Gasteiger charge is 2.53. The first kappa shape index (κ1) is 9.94. The van der Waals surface area contributed by atoms with E-state index in [-0.39, 0.29) is 0 Å². The summed E-state index contributed by atoms with van der Waals surface area (Å²) in [4.78, 5) is 2.93. The molecule has 4 bridgehead atoms. The lowest BCUT2D eigenvalue weighted by molar-refractivity contribution is -0.0941. The Bertz CT molecular complexity index is 242. The molecule has 1 saturated heterocycles. The maximum absolute atomic E-state index is 2.93. The summed E-state index contributed by atoms with van der Waals surface area (Å²) >= 11 is 0. The lowest BCUT2D eigenvalue weighted by Crippen LogP contribution is -2.60. The first-order chi connectivity index (χ1) is 7.84. The average Bonchev–Trinajstić information content (AvgIpc) is 2.28. The van der Waals surface area contributed by atoms with E-state index in [0.29, 0.717) is 5.54 Å². The van der Waals surface area contributed by atoms with Gasteiger partial charge in [0.2, 0.25) is 0 Å². The van der Waals surface area contributed by atoms with Crippen molar-refractivity contribution in [2.75, 3.05) is 13.1 Å². The maximum atomic E-state index is 2.93. The van der Waals surface area contributed by atoms with Crippen molar-refractivity contribution >= 4 is 0 Å². The van der Waals surface area contributed by atoms with Crippen LogP contribution in [0.4, 0.5) is 0 Å². The van der Waals surface area contributed by atoms with Crippen molar-refractivity contribution in [2.45, 2.75) is 63.3 Å². The zero-order valence-electron chi connectivity index (χ0n) is 10.5. The summed E-state index contributed by atoms with van der Waals surface area (Å²) in [5.74, 6) is 3.36. The highest BCUT2D eigenvalue weighted by molar-refractivity contribution is 5.07. The number of piperidine rings is 1. The van der Waals surface area contributed by atoms with Crippen molar-refractivity contribution < 1.29 is 0 Å². The molecule has 90 valence electrons. The van der Waals surface area contributed by atoms with Gasteiger partial charge >= 0.3 is 0 Å². The number of rotatable bonds is 1. The van der Waals surface area contributed by atoms with E-state index < -0.39 is 0 Å². The van der Waals surface area contributed by atoms with Gasteiger partial charge in [-0.1, -0.05) is 6.42 Å². The SMILES string of the molecule is C1CCN(C23CC4CC(CC(C4)C2)C3)CC1. The Balaban J connectivity index is 1.60. The van der Waals surface area contributed by atoms with Gasteiger partial charge in [0.1, 0.15) is 0 Å². The van der Waals surface area contributed by atoms with E-state index in [1.165, 1.54) is 32.4 Å². The molecule has 0 N–H and O–H groups in total. The van der Waals surface area contributed by atoms with Gasteiger partial charge in [-0.05, 0) is 82.2 Å². The fraction of sp³-hybridized carbons (Fsp3) is 1.00. The fourth-order valence-corrected chi connectivity index (χ4v) is 5.82. The molecule has 0 aromatic heterocycles. The first-order valence-electron chi connectivity index (χ1n) is 7.59. The van der Waals surface area contributed by atoms with Crippen molar-refractivity contribution in [2.24, 2.45) is 17.8 Å². The zero-order chi connectivity index (χ0) is 10.6. The monoisotopic (exact) mass is 219 g/mol. The van der Waals surface area contributed by atoms with E-state index in [0.717, 1.165) is 17.8 Å². The molecule has 0 unspecified atom stereocenters. The Kier molecular flexibility index (Phi) is 2.16. The molecule has 0 aromatic rings. The lowest BCUT2D eigenvalue weighted by Gasteiger charge is -2.61. The van der Waals surface area contributed by atoms with E-state index in [9.17, 15) is 0 Å². The van der Waals surface area contributed by atoms with Crippen LogP contribution in [0.25, 0.3) is 0 Å². The minimum atomic E-state index is 0.704. The van der Waals surface area contributed by atoms with Gasteiger partial charge in [0.15, 0.2) is 0 Å². The van der Waals surface area contributed by atoms with Crippen LogP contribution in [-0.4, -0.2) is 23.5 Å². The lowest BCUT2D eigenvalue weighted by atomic mass is 9.52. The van der Waals surface area contributed by atoms with Crippen LogP contribution in [0, 0.1) is 17.8 Å². The molecule has 5 fully saturated rings. The molecule has 0 atom stereocenters. The van der Waals surface area contributed by atoms with Crippen LogP contribution in [0.3, 0.4) is 0 Å². The normalized spacial score (nSPS) is 52.1. The Labute approximate surface area is 99.6 Å². The third-order valence-corrected chi connectivity index (χ3v) is 6.03. The molecule has 4 aliphatic carbocycles. The summed E-state index contributed by atoms with van der Waals surface area (Å²) < 4.78 is 0. The second kappa shape index (κ2) is 3.48. The summed E-state index contributed by atoms with van der Waals surface area (Å²) in [6, 6.07) is 0. The number of nitrogens with zero attached hydrogens (tertiary/aromatic N) is 1. The summed E-state index contributed by atoms with van der Waals surface area (Å²) in [7, 11) is 0. The van der Waals surface area contributed by atoms with E-state index >= 15 is 0 Å². The molecule has 0 aromatic carbocycles. The van der Waals surface area contributed by atoms with Crippen LogP contribution in [-0.2, 0) is 0 Å².